The summed E-state index contributed by atoms with van der Waals surface area (Å²) in [7, 11) is 0. The van der Waals surface area contributed by atoms with Gasteiger partial charge in [-0.3, -0.25) is 10.2 Å². The van der Waals surface area contributed by atoms with Crippen molar-refractivity contribution in [2.45, 2.75) is 6.18 Å². The molecule has 1 amide bonds. The number of aromatic carboxylic acids is 1. The van der Waals surface area contributed by atoms with Crippen LogP contribution in [-0.2, 0) is 6.18 Å². The quantitative estimate of drug-likeness (QED) is 0.220. The number of alkyl halides is 3. The zero-order chi connectivity index (χ0) is 28.3. The van der Waals surface area contributed by atoms with E-state index in [9.17, 15) is 28.0 Å². The molecule has 4 aromatic rings. The minimum atomic E-state index is -4.85. The van der Waals surface area contributed by atoms with Crippen molar-refractivity contribution in [1.29, 1.82) is 10.7 Å². The molecule has 0 aromatic heterocycles. The van der Waals surface area contributed by atoms with Crippen LogP contribution in [0.4, 0.5) is 18.9 Å². The van der Waals surface area contributed by atoms with Gasteiger partial charge in [0.1, 0.15) is 0 Å². The van der Waals surface area contributed by atoms with Crippen LogP contribution in [0.25, 0.3) is 11.1 Å². The molecule has 0 bridgehead atoms. The third-order valence-corrected chi connectivity index (χ3v) is 6.18. The second-order valence-electron chi connectivity index (χ2n) is 8.29. The molecule has 39 heavy (non-hydrogen) atoms. The lowest BCUT2D eigenvalue weighted by atomic mass is 9.94. The number of nitriles is 1. The van der Waals surface area contributed by atoms with Crippen LogP contribution in [0, 0.1) is 16.7 Å². The van der Waals surface area contributed by atoms with Crippen LogP contribution in [0.15, 0.2) is 84.9 Å². The molecule has 4 aromatic carbocycles. The first-order chi connectivity index (χ1) is 18.5. The van der Waals surface area contributed by atoms with Crippen molar-refractivity contribution in [3.8, 4) is 17.2 Å². The normalized spacial score (nSPS) is 10.9. The number of benzene rings is 4. The Morgan fingerprint density at radius 1 is 0.923 bits per heavy atom. The maximum Gasteiger partial charge on any atom is 0.417 e. The number of carboxylic acid groups (broad SMARTS) is 1. The second kappa shape index (κ2) is 10.8. The lowest BCUT2D eigenvalue weighted by molar-refractivity contribution is -0.137. The van der Waals surface area contributed by atoms with E-state index >= 15 is 0 Å². The summed E-state index contributed by atoms with van der Waals surface area (Å²) in [5.41, 5.74) is -0.391. The highest BCUT2D eigenvalue weighted by molar-refractivity contribution is 6.35. The summed E-state index contributed by atoms with van der Waals surface area (Å²) in [6.45, 7) is 0. The van der Waals surface area contributed by atoms with Gasteiger partial charge in [-0.05, 0) is 47.5 Å². The molecule has 0 saturated heterocycles. The summed E-state index contributed by atoms with van der Waals surface area (Å²) in [5.74, 6) is -2.30. The lowest BCUT2D eigenvalue weighted by Gasteiger charge is -2.17. The van der Waals surface area contributed by atoms with Crippen LogP contribution in [0.1, 0.15) is 43.0 Å². The Kier molecular flexibility index (Phi) is 7.51. The van der Waals surface area contributed by atoms with E-state index in [-0.39, 0.29) is 22.5 Å². The number of carbonyl (C=O) groups excluding carboxylic acids is 1. The first-order valence-corrected chi connectivity index (χ1v) is 11.6. The lowest BCUT2D eigenvalue weighted by Crippen LogP contribution is -2.20. The van der Waals surface area contributed by atoms with Crippen LogP contribution in [0.3, 0.4) is 0 Å². The van der Waals surface area contributed by atoms with E-state index in [1.807, 2.05) is 0 Å². The topological polar surface area (TPSA) is 114 Å². The van der Waals surface area contributed by atoms with Crippen molar-refractivity contribution in [1.82, 2.24) is 0 Å². The van der Waals surface area contributed by atoms with Gasteiger partial charge >= 0.3 is 12.1 Å². The molecule has 0 fully saturated rings. The van der Waals surface area contributed by atoms with E-state index in [1.54, 1.807) is 30.3 Å². The molecule has 10 heteroatoms. The van der Waals surface area contributed by atoms with E-state index < -0.39 is 34.2 Å². The second-order valence-corrected chi connectivity index (χ2v) is 8.70. The number of amides is 1. The molecular weight excluding hydrogens is 531 g/mol. The van der Waals surface area contributed by atoms with Gasteiger partial charge in [-0.15, -0.1) is 0 Å². The fourth-order valence-corrected chi connectivity index (χ4v) is 4.24. The first-order valence-electron chi connectivity index (χ1n) is 11.2. The van der Waals surface area contributed by atoms with Crippen molar-refractivity contribution >= 4 is 34.9 Å². The number of carboxylic acids is 1. The molecular formula is C29H17ClF3N3O3. The Labute approximate surface area is 225 Å². The third-order valence-electron chi connectivity index (χ3n) is 5.86. The van der Waals surface area contributed by atoms with E-state index in [2.05, 4.69) is 11.4 Å². The molecule has 6 nitrogen and oxygen atoms in total. The van der Waals surface area contributed by atoms with Crippen LogP contribution in [0.5, 0.6) is 0 Å². The van der Waals surface area contributed by atoms with Gasteiger partial charge in [0.2, 0.25) is 0 Å². The molecule has 0 saturated carbocycles. The number of hydrogen-bond donors (Lipinski definition) is 3. The summed E-state index contributed by atoms with van der Waals surface area (Å²) in [5, 5.41) is 29.4. The van der Waals surface area contributed by atoms with Gasteiger partial charge in [0.05, 0.1) is 44.7 Å². The maximum absolute atomic E-state index is 13.7. The summed E-state index contributed by atoms with van der Waals surface area (Å²) in [4.78, 5) is 24.4. The molecule has 4 rings (SSSR count). The van der Waals surface area contributed by atoms with E-state index in [0.29, 0.717) is 22.3 Å². The van der Waals surface area contributed by atoms with Crippen LogP contribution >= 0.6 is 11.6 Å². The monoisotopic (exact) mass is 547 g/mol. The van der Waals surface area contributed by atoms with Gasteiger partial charge in [0.15, 0.2) is 0 Å². The fourth-order valence-electron chi connectivity index (χ4n) is 3.98. The number of halogens is 4. The molecule has 0 unspecified atom stereocenters. The Bertz CT molecular complexity index is 1660. The Hall–Kier alpha value is -4.94. The maximum atomic E-state index is 13.7. The van der Waals surface area contributed by atoms with E-state index in [0.717, 1.165) is 18.2 Å². The number of anilines is 1. The zero-order valence-corrected chi connectivity index (χ0v) is 20.6. The number of rotatable bonds is 6. The Balaban J connectivity index is 1.84. The van der Waals surface area contributed by atoms with Gasteiger partial charge < -0.3 is 10.4 Å². The number of nitrogens with one attached hydrogen (secondary N) is 2. The van der Waals surface area contributed by atoms with Crippen molar-refractivity contribution in [2.24, 2.45) is 0 Å². The SMILES string of the molecule is N#Cc1ccccc1-c1ccc(C(=N)c2ccc(C(=O)O)cc2)c(NC(=O)c2c(Cl)cccc2C(F)(F)F)c1. The molecule has 0 spiro atoms. The molecule has 0 heterocycles. The number of hydrogen-bond acceptors (Lipinski definition) is 4. The van der Waals surface area contributed by atoms with Gasteiger partial charge in [-0.1, -0.05) is 60.1 Å². The largest absolute Gasteiger partial charge is 0.478 e. The number of nitrogens with zero attached hydrogens (tertiary/aromatic N) is 1. The predicted molar refractivity (Wildman–Crippen MR) is 140 cm³/mol. The molecule has 194 valence electrons. The van der Waals surface area contributed by atoms with Crippen molar-refractivity contribution in [3.63, 3.8) is 0 Å². The predicted octanol–water partition coefficient (Wildman–Crippen LogP) is 7.26. The minimum absolute atomic E-state index is 0.00179. The average Bonchev–Trinajstić information content (AvgIpc) is 2.92. The molecule has 0 atom stereocenters. The highest BCUT2D eigenvalue weighted by Gasteiger charge is 2.36. The van der Waals surface area contributed by atoms with E-state index in [1.165, 1.54) is 36.4 Å². The van der Waals surface area contributed by atoms with E-state index in [4.69, 9.17) is 22.1 Å². The van der Waals surface area contributed by atoms with Gasteiger partial charge in [-0.25, -0.2) is 4.79 Å². The van der Waals surface area contributed by atoms with Gasteiger partial charge in [0.25, 0.3) is 5.91 Å². The zero-order valence-electron chi connectivity index (χ0n) is 19.8. The standard InChI is InChI=1S/C29H17ClF3N3O3/c30-23-7-3-6-22(29(31,32)33)25(23)27(37)36-24-14-18(20-5-2-1-4-19(20)15-34)12-13-21(24)26(35)16-8-10-17(11-9-16)28(38)39/h1-14,35H,(H,36,37)(H,38,39). The molecule has 0 radical (unpaired) electrons. The molecule has 3 N–H and O–H groups in total. The van der Waals surface area contributed by atoms with Crippen LogP contribution in [0.2, 0.25) is 5.02 Å². The van der Waals surface area contributed by atoms with Crippen molar-refractivity contribution in [2.75, 3.05) is 5.32 Å². The summed E-state index contributed by atoms with van der Waals surface area (Å²) in [6, 6.07) is 21.7. The molecule has 0 aliphatic rings. The van der Waals surface area contributed by atoms with Crippen LogP contribution in [-0.4, -0.2) is 22.7 Å². The van der Waals surface area contributed by atoms with Gasteiger partial charge in [0, 0.05) is 11.1 Å². The van der Waals surface area contributed by atoms with Crippen LogP contribution < -0.4 is 5.32 Å². The Morgan fingerprint density at radius 3 is 2.23 bits per heavy atom. The average molecular weight is 548 g/mol. The number of carbonyl (C=O) groups is 2. The highest BCUT2D eigenvalue weighted by Crippen LogP contribution is 2.36. The summed E-state index contributed by atoms with van der Waals surface area (Å²) < 4.78 is 41.0. The van der Waals surface area contributed by atoms with Crippen molar-refractivity contribution in [3.05, 3.63) is 123 Å². The van der Waals surface area contributed by atoms with Crippen molar-refractivity contribution < 1.29 is 27.9 Å². The first kappa shape index (κ1) is 27.1. The fraction of sp³-hybridized carbons (Fsp3) is 0.0345. The molecule has 0 aliphatic carbocycles. The Morgan fingerprint density at radius 2 is 1.59 bits per heavy atom. The smallest absolute Gasteiger partial charge is 0.417 e. The third kappa shape index (κ3) is 5.66. The minimum Gasteiger partial charge on any atom is -0.478 e. The van der Waals surface area contributed by atoms with Gasteiger partial charge in [-0.2, -0.15) is 18.4 Å². The summed E-state index contributed by atoms with van der Waals surface area (Å²) >= 11 is 6.01. The highest BCUT2D eigenvalue weighted by atomic mass is 35.5. The molecule has 0 aliphatic heterocycles. The summed E-state index contributed by atoms with van der Waals surface area (Å²) in [6.07, 6.45) is -4.85.